The van der Waals surface area contributed by atoms with Crippen LogP contribution in [0, 0.1) is 0 Å². The third-order valence-corrected chi connectivity index (χ3v) is 1.48. The zero-order valence-electron chi connectivity index (χ0n) is 8.76. The van der Waals surface area contributed by atoms with Crippen LogP contribution in [0.3, 0.4) is 0 Å². The minimum atomic E-state index is -0.198. The molecule has 0 heterocycles. The molecule has 1 N–H and O–H groups in total. The second-order valence-corrected chi connectivity index (χ2v) is 2.68. The molecule has 0 atom stereocenters. The molecule has 76 valence electrons. The molecule has 1 amide bonds. The Kier molecular flexibility index (Phi) is 6.08. The lowest BCUT2D eigenvalue weighted by Crippen LogP contribution is -2.23. The van der Waals surface area contributed by atoms with E-state index in [2.05, 4.69) is 11.0 Å². The van der Waals surface area contributed by atoms with E-state index in [0.717, 1.165) is 0 Å². The van der Waals surface area contributed by atoms with Gasteiger partial charge in [0.1, 0.15) is 0 Å². The average Bonchev–Trinajstić information content (AvgIpc) is 2.17. The van der Waals surface area contributed by atoms with Crippen LogP contribution in [0.4, 0.5) is 0 Å². The zero-order chi connectivity index (χ0) is 11.0. The summed E-state index contributed by atoms with van der Waals surface area (Å²) in [5.41, 5.74) is 3.50. The Morgan fingerprint density at radius 1 is 1.50 bits per heavy atom. The summed E-state index contributed by atoms with van der Waals surface area (Å²) in [5, 5.41) is 2.63. The molecule has 3 heteroatoms. The van der Waals surface area contributed by atoms with Crippen LogP contribution in [-0.2, 0) is 9.59 Å². The molecule has 0 aromatic rings. The number of nitrogens with one attached hydrogen (secondary N) is 1. The quantitative estimate of drug-likeness (QED) is 0.317. The SMILES string of the molecule is CC=CC(=C=C(C)C(=O)NCC)C=O. The van der Waals surface area contributed by atoms with Gasteiger partial charge in [-0.2, -0.15) is 0 Å². The minimum absolute atomic E-state index is 0.198. The fourth-order valence-electron chi connectivity index (χ4n) is 0.856. The highest BCUT2D eigenvalue weighted by Crippen LogP contribution is 1.95. The van der Waals surface area contributed by atoms with E-state index in [4.69, 9.17) is 0 Å². The number of hydrogen-bond donors (Lipinski definition) is 1. The lowest BCUT2D eigenvalue weighted by molar-refractivity contribution is -0.117. The van der Waals surface area contributed by atoms with Gasteiger partial charge >= 0.3 is 0 Å². The van der Waals surface area contributed by atoms with Crippen molar-refractivity contribution in [3.63, 3.8) is 0 Å². The highest BCUT2D eigenvalue weighted by molar-refractivity contribution is 5.93. The van der Waals surface area contributed by atoms with Crippen molar-refractivity contribution >= 4 is 12.2 Å². The van der Waals surface area contributed by atoms with Crippen LogP contribution >= 0.6 is 0 Å². The van der Waals surface area contributed by atoms with E-state index in [1.807, 2.05) is 6.92 Å². The molecule has 0 aliphatic heterocycles. The van der Waals surface area contributed by atoms with E-state index in [0.29, 0.717) is 24.0 Å². The van der Waals surface area contributed by atoms with Gasteiger partial charge < -0.3 is 5.32 Å². The lowest BCUT2D eigenvalue weighted by atomic mass is 10.2. The Labute approximate surface area is 84.2 Å². The van der Waals surface area contributed by atoms with Gasteiger partial charge in [0.15, 0.2) is 6.29 Å². The van der Waals surface area contributed by atoms with Gasteiger partial charge in [0, 0.05) is 6.54 Å². The Morgan fingerprint density at radius 3 is 2.57 bits per heavy atom. The molecule has 14 heavy (non-hydrogen) atoms. The van der Waals surface area contributed by atoms with Crippen molar-refractivity contribution in [1.29, 1.82) is 0 Å². The van der Waals surface area contributed by atoms with E-state index in [-0.39, 0.29) is 5.91 Å². The van der Waals surface area contributed by atoms with Crippen LogP contribution in [0.25, 0.3) is 0 Å². The van der Waals surface area contributed by atoms with Gasteiger partial charge in [-0.05, 0) is 26.8 Å². The molecule has 0 unspecified atom stereocenters. The first-order valence-electron chi connectivity index (χ1n) is 4.49. The summed E-state index contributed by atoms with van der Waals surface area (Å²) in [4.78, 5) is 21.7. The van der Waals surface area contributed by atoms with E-state index in [9.17, 15) is 9.59 Å². The number of amides is 1. The highest BCUT2D eigenvalue weighted by Gasteiger charge is 2.00. The molecule has 0 aromatic heterocycles. The Hall–Kier alpha value is -1.60. The molecule has 0 spiro atoms. The highest BCUT2D eigenvalue weighted by atomic mass is 16.1. The molecule has 0 saturated carbocycles. The first-order chi connectivity index (χ1) is 6.65. The topological polar surface area (TPSA) is 46.2 Å². The zero-order valence-corrected chi connectivity index (χ0v) is 8.76. The molecule has 0 aliphatic rings. The number of carbonyl (C=O) groups excluding carboxylic acids is 2. The second kappa shape index (κ2) is 6.87. The first-order valence-corrected chi connectivity index (χ1v) is 4.49. The summed E-state index contributed by atoms with van der Waals surface area (Å²) < 4.78 is 0. The van der Waals surface area contributed by atoms with Crippen molar-refractivity contribution in [1.82, 2.24) is 5.32 Å². The Balaban J connectivity index is 4.91. The maximum Gasteiger partial charge on any atom is 0.254 e. The van der Waals surface area contributed by atoms with Crippen LogP contribution in [0.2, 0.25) is 0 Å². The molecular formula is C11H15NO2. The number of rotatable bonds is 4. The maximum absolute atomic E-state index is 11.2. The monoisotopic (exact) mass is 193 g/mol. The standard InChI is InChI=1S/C11H15NO2/c1-4-6-10(8-13)7-9(3)11(14)12-5-2/h4,6,8H,5H2,1-3H3,(H,12,14). The third-order valence-electron chi connectivity index (χ3n) is 1.48. The number of aldehydes is 1. The Bertz CT molecular complexity index is 307. The molecule has 0 aromatic carbocycles. The van der Waals surface area contributed by atoms with E-state index >= 15 is 0 Å². The fraction of sp³-hybridized carbons (Fsp3) is 0.364. The van der Waals surface area contributed by atoms with Crippen molar-refractivity contribution in [3.8, 4) is 0 Å². The summed E-state index contributed by atoms with van der Waals surface area (Å²) in [7, 11) is 0. The van der Waals surface area contributed by atoms with Crippen molar-refractivity contribution in [2.75, 3.05) is 6.54 Å². The second-order valence-electron chi connectivity index (χ2n) is 2.68. The molecule has 0 radical (unpaired) electrons. The molecule has 0 saturated heterocycles. The predicted octanol–water partition coefficient (Wildman–Crippen LogP) is 1.37. The van der Waals surface area contributed by atoms with Crippen molar-refractivity contribution in [2.45, 2.75) is 20.8 Å². The van der Waals surface area contributed by atoms with Crippen LogP contribution in [0.15, 0.2) is 29.0 Å². The van der Waals surface area contributed by atoms with Gasteiger partial charge in [-0.1, -0.05) is 6.08 Å². The van der Waals surface area contributed by atoms with Crippen molar-refractivity contribution in [2.24, 2.45) is 0 Å². The summed E-state index contributed by atoms with van der Waals surface area (Å²) >= 11 is 0. The molecular weight excluding hydrogens is 178 g/mol. The lowest BCUT2D eigenvalue weighted by Gasteiger charge is -1.98. The molecule has 0 rings (SSSR count). The first kappa shape index (κ1) is 12.4. The summed E-state index contributed by atoms with van der Waals surface area (Å²) in [5.74, 6) is -0.198. The predicted molar refractivity (Wildman–Crippen MR) is 55.8 cm³/mol. The summed E-state index contributed by atoms with van der Waals surface area (Å²) in [6, 6.07) is 0. The third kappa shape index (κ3) is 4.43. The van der Waals surface area contributed by atoms with Gasteiger partial charge in [0.2, 0.25) is 0 Å². The molecule has 3 nitrogen and oxygen atoms in total. The summed E-state index contributed by atoms with van der Waals surface area (Å²) in [6.07, 6.45) is 4.00. The summed E-state index contributed by atoms with van der Waals surface area (Å²) in [6.45, 7) is 5.82. The van der Waals surface area contributed by atoms with Crippen LogP contribution in [-0.4, -0.2) is 18.7 Å². The van der Waals surface area contributed by atoms with Crippen LogP contribution in [0.5, 0.6) is 0 Å². The van der Waals surface area contributed by atoms with Gasteiger partial charge in [-0.25, -0.2) is 0 Å². The van der Waals surface area contributed by atoms with Gasteiger partial charge in [-0.3, -0.25) is 9.59 Å². The van der Waals surface area contributed by atoms with Gasteiger partial charge in [-0.15, -0.1) is 5.73 Å². The van der Waals surface area contributed by atoms with Gasteiger partial charge in [0.25, 0.3) is 5.91 Å². The average molecular weight is 193 g/mol. The minimum Gasteiger partial charge on any atom is -0.352 e. The maximum atomic E-state index is 11.2. The van der Waals surface area contributed by atoms with Gasteiger partial charge in [0.05, 0.1) is 11.1 Å². The van der Waals surface area contributed by atoms with Crippen molar-refractivity contribution < 1.29 is 9.59 Å². The largest absolute Gasteiger partial charge is 0.352 e. The smallest absolute Gasteiger partial charge is 0.254 e. The Morgan fingerprint density at radius 2 is 2.14 bits per heavy atom. The van der Waals surface area contributed by atoms with Crippen molar-refractivity contribution in [3.05, 3.63) is 29.0 Å². The molecule has 0 fully saturated rings. The van der Waals surface area contributed by atoms with Crippen LogP contribution < -0.4 is 5.32 Å². The fourth-order valence-corrected chi connectivity index (χ4v) is 0.856. The normalized spacial score (nSPS) is 9.36. The van der Waals surface area contributed by atoms with Crippen LogP contribution in [0.1, 0.15) is 20.8 Å². The van der Waals surface area contributed by atoms with E-state index in [1.54, 1.807) is 26.0 Å². The number of allylic oxidation sites excluding steroid dienone is 2. The number of carbonyl (C=O) groups is 2. The number of likely N-dealkylation sites (N-methyl/N-ethyl adjacent to an activating group) is 1. The molecule has 0 bridgehead atoms. The van der Waals surface area contributed by atoms with E-state index < -0.39 is 0 Å². The van der Waals surface area contributed by atoms with E-state index in [1.165, 1.54) is 0 Å². The number of hydrogen-bond acceptors (Lipinski definition) is 2. The molecule has 0 aliphatic carbocycles.